The predicted molar refractivity (Wildman–Crippen MR) is 205 cm³/mol. The van der Waals surface area contributed by atoms with Gasteiger partial charge in [-0.2, -0.15) is 0 Å². The Kier molecular flexibility index (Phi) is 10.3. The number of nitrogens with one attached hydrogen (secondary N) is 3. The third-order valence-corrected chi connectivity index (χ3v) is 10.6. The van der Waals surface area contributed by atoms with Gasteiger partial charge in [-0.25, -0.2) is 9.78 Å². The lowest BCUT2D eigenvalue weighted by atomic mass is 9.86. The summed E-state index contributed by atoms with van der Waals surface area (Å²) in [6.07, 6.45) is 2.47. The van der Waals surface area contributed by atoms with Crippen LogP contribution in [0.5, 0.6) is 17.2 Å². The Hall–Kier alpha value is -4.52. The summed E-state index contributed by atoms with van der Waals surface area (Å²) in [6, 6.07) is 20.4. The minimum atomic E-state index is -2.73. The van der Waals surface area contributed by atoms with E-state index < -0.39 is 13.2 Å². The van der Waals surface area contributed by atoms with E-state index in [1.807, 2.05) is 68.4 Å². The van der Waals surface area contributed by atoms with E-state index in [0.717, 1.165) is 50.2 Å². The van der Waals surface area contributed by atoms with Gasteiger partial charge in [-0.15, -0.1) is 0 Å². The van der Waals surface area contributed by atoms with Crippen LogP contribution in [-0.2, 0) is 16.4 Å². The van der Waals surface area contributed by atoms with Crippen LogP contribution in [0.3, 0.4) is 0 Å². The molecule has 0 unspecified atom stereocenters. The molecule has 5 rings (SSSR count). The van der Waals surface area contributed by atoms with E-state index >= 15 is 0 Å². The lowest BCUT2D eigenvalue weighted by Gasteiger charge is -2.25. The van der Waals surface area contributed by atoms with Gasteiger partial charge in [0, 0.05) is 33.7 Å². The maximum absolute atomic E-state index is 13.5. The number of benzene rings is 4. The summed E-state index contributed by atoms with van der Waals surface area (Å²) < 4.78 is 25.3. The predicted octanol–water partition coefficient (Wildman–Crippen LogP) is 10.8. The first-order chi connectivity index (χ1) is 23.1. The molecule has 0 aliphatic heterocycles. The zero-order chi connectivity index (χ0) is 35.7. The van der Waals surface area contributed by atoms with E-state index in [0.29, 0.717) is 39.7 Å². The Morgan fingerprint density at radius 2 is 1.61 bits per heavy atom. The number of halogens is 1. The number of rotatable bonds is 9. The van der Waals surface area contributed by atoms with E-state index in [1.165, 1.54) is 7.11 Å². The standard InChI is InChI=1S/C39H44ClN4O4P/c1-10-27-31(19-23(2)24(3)36(27)40)42-35-22-26(17-18-41-35)48-33-16-15-30(28-13-11-12-14-29(28)33)43-38(45)44-32-20-25(39(4,5)6)21-34(37(32)47-7)49(8,9)46/h11-22H,10H2,1-9H3,(H,41,42)(H2,43,44,45). The fourth-order valence-electron chi connectivity index (χ4n) is 5.69. The van der Waals surface area contributed by atoms with Gasteiger partial charge >= 0.3 is 6.03 Å². The van der Waals surface area contributed by atoms with Crippen LogP contribution >= 0.6 is 18.7 Å². The molecule has 0 radical (unpaired) electrons. The number of carbonyl (C=O) groups is 1. The van der Waals surface area contributed by atoms with Gasteiger partial charge in [-0.1, -0.05) is 63.6 Å². The number of aryl methyl sites for hydroxylation is 1. The normalized spacial score (nSPS) is 11.7. The fraction of sp³-hybridized carbons (Fsp3) is 0.282. The van der Waals surface area contributed by atoms with Crippen molar-refractivity contribution in [3.63, 3.8) is 0 Å². The molecular weight excluding hydrogens is 655 g/mol. The fourth-order valence-corrected chi connectivity index (χ4v) is 7.23. The minimum Gasteiger partial charge on any atom is -0.494 e. The van der Waals surface area contributed by atoms with Gasteiger partial charge < -0.3 is 30.0 Å². The van der Waals surface area contributed by atoms with E-state index in [-0.39, 0.29) is 5.41 Å². The second kappa shape index (κ2) is 14.1. The number of carbonyl (C=O) groups excluding carboxylic acids is 1. The highest BCUT2D eigenvalue weighted by atomic mass is 35.5. The molecule has 0 spiro atoms. The highest BCUT2D eigenvalue weighted by molar-refractivity contribution is 7.70. The molecule has 10 heteroatoms. The molecule has 0 aliphatic carbocycles. The molecule has 256 valence electrons. The molecule has 8 nitrogen and oxygen atoms in total. The molecule has 3 N–H and O–H groups in total. The van der Waals surface area contributed by atoms with Crippen LogP contribution in [0.2, 0.25) is 5.02 Å². The molecule has 0 bridgehead atoms. The molecule has 5 aromatic rings. The quantitative estimate of drug-likeness (QED) is 0.132. The first kappa shape index (κ1) is 35.8. The summed E-state index contributed by atoms with van der Waals surface area (Å²) in [7, 11) is -1.21. The number of amides is 2. The Labute approximate surface area is 294 Å². The molecular formula is C39H44ClN4O4P. The summed E-state index contributed by atoms with van der Waals surface area (Å²) in [6.45, 7) is 15.8. The summed E-state index contributed by atoms with van der Waals surface area (Å²) in [5.41, 5.74) is 5.86. The Morgan fingerprint density at radius 3 is 2.27 bits per heavy atom. The van der Waals surface area contributed by atoms with Crippen molar-refractivity contribution in [1.82, 2.24) is 4.98 Å². The van der Waals surface area contributed by atoms with Crippen LogP contribution < -0.4 is 30.7 Å². The summed E-state index contributed by atoms with van der Waals surface area (Å²) in [5.74, 6) is 2.23. The van der Waals surface area contributed by atoms with Crippen molar-refractivity contribution >= 4 is 63.7 Å². The average Bonchev–Trinajstić information content (AvgIpc) is 3.04. The number of nitrogens with zero attached hydrogens (tertiary/aromatic N) is 1. The van der Waals surface area contributed by atoms with Crippen molar-refractivity contribution in [2.24, 2.45) is 0 Å². The summed E-state index contributed by atoms with van der Waals surface area (Å²) >= 11 is 6.68. The molecule has 0 aliphatic rings. The first-order valence-electron chi connectivity index (χ1n) is 16.2. The molecule has 49 heavy (non-hydrogen) atoms. The Bertz CT molecular complexity index is 2100. The van der Waals surface area contributed by atoms with E-state index in [4.69, 9.17) is 21.1 Å². The SMILES string of the molecule is CCc1c(Nc2cc(Oc3ccc(NC(=O)Nc4cc(C(C)(C)C)cc(P(C)(C)=O)c4OC)c4ccccc34)ccn2)cc(C)c(C)c1Cl. The molecule has 0 saturated carbocycles. The number of hydrogen-bond acceptors (Lipinski definition) is 6. The number of ether oxygens (including phenoxy) is 2. The molecule has 0 atom stereocenters. The first-order valence-corrected chi connectivity index (χ1v) is 19.2. The molecule has 1 heterocycles. The lowest BCUT2D eigenvalue weighted by Crippen LogP contribution is -2.23. The van der Waals surface area contributed by atoms with E-state index in [1.54, 1.807) is 25.6 Å². The van der Waals surface area contributed by atoms with Crippen LogP contribution in [0.4, 0.5) is 27.7 Å². The number of fused-ring (bicyclic) bond motifs is 1. The van der Waals surface area contributed by atoms with Crippen molar-refractivity contribution < 1.29 is 18.8 Å². The highest BCUT2D eigenvalue weighted by Gasteiger charge is 2.26. The van der Waals surface area contributed by atoms with Gasteiger partial charge in [0.15, 0.2) is 5.75 Å². The van der Waals surface area contributed by atoms with Crippen LogP contribution in [-0.4, -0.2) is 31.5 Å². The smallest absolute Gasteiger partial charge is 0.323 e. The van der Waals surface area contributed by atoms with Gasteiger partial charge in [-0.05, 0) is 97.7 Å². The summed E-state index contributed by atoms with van der Waals surface area (Å²) in [5, 5.41) is 12.3. The molecule has 1 aromatic heterocycles. The zero-order valence-corrected chi connectivity index (χ0v) is 31.2. The monoisotopic (exact) mass is 698 g/mol. The van der Waals surface area contributed by atoms with E-state index in [9.17, 15) is 9.36 Å². The molecule has 0 saturated heterocycles. The van der Waals surface area contributed by atoms with Crippen LogP contribution in [0.15, 0.2) is 72.9 Å². The molecule has 0 fully saturated rings. The number of urea groups is 1. The molecule has 2 amide bonds. The molecule has 4 aromatic carbocycles. The highest BCUT2D eigenvalue weighted by Crippen LogP contribution is 2.44. The van der Waals surface area contributed by atoms with Crippen molar-refractivity contribution in [3.05, 3.63) is 100 Å². The number of methoxy groups -OCH3 is 1. The number of anilines is 4. The van der Waals surface area contributed by atoms with Gasteiger partial charge in [0.2, 0.25) is 0 Å². The minimum absolute atomic E-state index is 0.243. The van der Waals surface area contributed by atoms with Gasteiger partial charge in [0.25, 0.3) is 0 Å². The second-order valence-corrected chi connectivity index (χ2v) is 17.1. The second-order valence-electron chi connectivity index (χ2n) is 13.5. The van der Waals surface area contributed by atoms with Gasteiger partial charge in [0.05, 0.1) is 23.8 Å². The van der Waals surface area contributed by atoms with Crippen LogP contribution in [0, 0.1) is 13.8 Å². The Morgan fingerprint density at radius 1 is 0.918 bits per heavy atom. The third-order valence-electron chi connectivity index (χ3n) is 8.55. The average molecular weight is 699 g/mol. The third kappa shape index (κ3) is 7.87. The van der Waals surface area contributed by atoms with Gasteiger partial charge in [-0.3, -0.25) is 0 Å². The largest absolute Gasteiger partial charge is 0.494 e. The van der Waals surface area contributed by atoms with Gasteiger partial charge in [0.1, 0.15) is 24.5 Å². The van der Waals surface area contributed by atoms with Crippen molar-refractivity contribution in [1.29, 1.82) is 0 Å². The van der Waals surface area contributed by atoms with Crippen molar-refractivity contribution in [3.8, 4) is 17.2 Å². The number of pyridine rings is 1. The maximum Gasteiger partial charge on any atom is 0.323 e. The summed E-state index contributed by atoms with van der Waals surface area (Å²) in [4.78, 5) is 18.0. The number of hydrogen-bond donors (Lipinski definition) is 3. The topological polar surface area (TPSA) is 102 Å². The maximum atomic E-state index is 13.5. The van der Waals surface area contributed by atoms with Crippen LogP contribution in [0.25, 0.3) is 10.8 Å². The lowest BCUT2D eigenvalue weighted by molar-refractivity contribution is 0.262. The Balaban J connectivity index is 1.41. The van der Waals surface area contributed by atoms with Crippen molar-refractivity contribution in [2.75, 3.05) is 36.4 Å². The van der Waals surface area contributed by atoms with E-state index in [2.05, 4.69) is 54.7 Å². The van der Waals surface area contributed by atoms with Crippen molar-refractivity contribution in [2.45, 2.75) is 53.4 Å². The number of aromatic nitrogens is 1. The zero-order valence-electron chi connectivity index (χ0n) is 29.5. The van der Waals surface area contributed by atoms with Crippen LogP contribution in [0.1, 0.15) is 49.9 Å².